The summed E-state index contributed by atoms with van der Waals surface area (Å²) in [6.45, 7) is 5.51. The molecule has 2 amide bonds. The highest BCUT2D eigenvalue weighted by molar-refractivity contribution is 9.10. The monoisotopic (exact) mass is 487 g/mol. The van der Waals surface area contributed by atoms with Gasteiger partial charge in [0.2, 0.25) is 0 Å². The summed E-state index contributed by atoms with van der Waals surface area (Å²) in [5.41, 5.74) is 6.70. The van der Waals surface area contributed by atoms with Crippen LogP contribution in [-0.4, -0.2) is 23.1 Å². The lowest BCUT2D eigenvalue weighted by Gasteiger charge is -2.15. The number of hydrogen-bond acceptors (Lipinski definition) is 6. The van der Waals surface area contributed by atoms with E-state index in [1.54, 1.807) is 49.4 Å². The normalized spacial score (nSPS) is 11.5. The highest BCUT2D eigenvalue weighted by Gasteiger charge is 2.16. The minimum Gasteiger partial charge on any atom is -0.489 e. The maximum atomic E-state index is 12.4. The van der Waals surface area contributed by atoms with Crippen LogP contribution in [0.25, 0.3) is 0 Å². The van der Waals surface area contributed by atoms with Gasteiger partial charge in [0.15, 0.2) is 6.10 Å². The number of carbonyl (C=O) groups is 2. The second-order valence-electron chi connectivity index (χ2n) is 6.78. The van der Waals surface area contributed by atoms with Crippen LogP contribution in [0.1, 0.15) is 34.3 Å². The van der Waals surface area contributed by atoms with E-state index in [0.717, 1.165) is 15.7 Å². The fourth-order valence-corrected chi connectivity index (χ4v) is 3.06. The van der Waals surface area contributed by atoms with Crippen molar-refractivity contribution in [2.75, 3.05) is 0 Å². The standard InChI is InChI=1S/C22H22BrN3O5/c1-13-20(14(2)31-26-13)12-29-18-8-4-6-16(10-18)22(28)25-24-21(27)15(3)30-19-9-5-7-17(23)11-19/h4-11,15H,12H2,1-3H3,(H,24,27)(H,25,28). The molecule has 2 aromatic carbocycles. The summed E-state index contributed by atoms with van der Waals surface area (Å²) in [5.74, 6) is 0.759. The molecule has 1 aromatic heterocycles. The number of rotatable bonds is 7. The molecule has 3 rings (SSSR count). The van der Waals surface area contributed by atoms with Crippen molar-refractivity contribution in [1.82, 2.24) is 16.0 Å². The van der Waals surface area contributed by atoms with E-state index in [9.17, 15) is 9.59 Å². The summed E-state index contributed by atoms with van der Waals surface area (Å²) in [6, 6.07) is 13.8. The van der Waals surface area contributed by atoms with E-state index in [0.29, 0.717) is 22.8 Å². The molecule has 1 unspecified atom stereocenters. The number of hydrogen-bond donors (Lipinski definition) is 2. The SMILES string of the molecule is Cc1noc(C)c1COc1cccc(C(=O)NNC(=O)C(C)Oc2cccc(Br)c2)c1. The van der Waals surface area contributed by atoms with E-state index in [-0.39, 0.29) is 6.61 Å². The van der Waals surface area contributed by atoms with Crippen molar-refractivity contribution >= 4 is 27.7 Å². The molecule has 1 heterocycles. The number of benzene rings is 2. The first kappa shape index (κ1) is 22.4. The Morgan fingerprint density at radius 1 is 1.10 bits per heavy atom. The van der Waals surface area contributed by atoms with Crippen molar-refractivity contribution in [2.24, 2.45) is 0 Å². The lowest BCUT2D eigenvalue weighted by molar-refractivity contribution is -0.128. The molecule has 3 aromatic rings. The number of nitrogens with one attached hydrogen (secondary N) is 2. The molecule has 162 valence electrons. The molecule has 8 nitrogen and oxygen atoms in total. The third kappa shape index (κ3) is 6.08. The van der Waals surface area contributed by atoms with Gasteiger partial charge in [-0.25, -0.2) is 0 Å². The van der Waals surface area contributed by atoms with Crippen molar-refractivity contribution in [3.63, 3.8) is 0 Å². The van der Waals surface area contributed by atoms with Gasteiger partial charge in [0.25, 0.3) is 11.8 Å². The number of aromatic nitrogens is 1. The van der Waals surface area contributed by atoms with Crippen LogP contribution in [0.5, 0.6) is 11.5 Å². The first-order chi connectivity index (χ1) is 14.8. The fraction of sp³-hybridized carbons (Fsp3) is 0.227. The van der Waals surface area contributed by atoms with E-state index in [1.165, 1.54) is 0 Å². The van der Waals surface area contributed by atoms with E-state index >= 15 is 0 Å². The lowest BCUT2D eigenvalue weighted by atomic mass is 10.2. The molecule has 0 aliphatic heterocycles. The second-order valence-corrected chi connectivity index (χ2v) is 7.70. The predicted octanol–water partition coefficient (Wildman–Crippen LogP) is 3.86. The Labute approximate surface area is 188 Å². The highest BCUT2D eigenvalue weighted by Crippen LogP contribution is 2.20. The molecular weight excluding hydrogens is 466 g/mol. The minimum atomic E-state index is -0.806. The summed E-state index contributed by atoms with van der Waals surface area (Å²) in [7, 11) is 0. The van der Waals surface area contributed by atoms with Crippen LogP contribution in [0.3, 0.4) is 0 Å². The lowest BCUT2D eigenvalue weighted by Crippen LogP contribution is -2.47. The van der Waals surface area contributed by atoms with Crippen LogP contribution in [-0.2, 0) is 11.4 Å². The van der Waals surface area contributed by atoms with Gasteiger partial charge in [-0.05, 0) is 57.2 Å². The minimum absolute atomic E-state index is 0.271. The van der Waals surface area contributed by atoms with Crippen LogP contribution in [0.15, 0.2) is 57.5 Å². The number of halogens is 1. The maximum Gasteiger partial charge on any atom is 0.279 e. The van der Waals surface area contributed by atoms with Crippen molar-refractivity contribution in [1.29, 1.82) is 0 Å². The van der Waals surface area contributed by atoms with Crippen LogP contribution in [0, 0.1) is 13.8 Å². The molecule has 1 atom stereocenters. The summed E-state index contributed by atoms with van der Waals surface area (Å²) in [5, 5.41) is 3.89. The van der Waals surface area contributed by atoms with Crippen molar-refractivity contribution < 1.29 is 23.6 Å². The third-order valence-electron chi connectivity index (χ3n) is 4.44. The number of carbonyl (C=O) groups excluding carboxylic acids is 2. The zero-order chi connectivity index (χ0) is 22.4. The zero-order valence-corrected chi connectivity index (χ0v) is 18.9. The van der Waals surface area contributed by atoms with Crippen LogP contribution < -0.4 is 20.3 Å². The Bertz CT molecular complexity index is 1060. The summed E-state index contributed by atoms with van der Waals surface area (Å²) < 4.78 is 17.3. The number of amides is 2. The Balaban J connectivity index is 1.53. The van der Waals surface area contributed by atoms with Gasteiger partial charge < -0.3 is 14.0 Å². The molecule has 9 heteroatoms. The zero-order valence-electron chi connectivity index (χ0n) is 17.3. The van der Waals surface area contributed by atoms with Gasteiger partial charge in [0.05, 0.1) is 11.3 Å². The molecule has 0 fully saturated rings. The smallest absolute Gasteiger partial charge is 0.279 e. The van der Waals surface area contributed by atoms with Crippen LogP contribution in [0.2, 0.25) is 0 Å². The highest BCUT2D eigenvalue weighted by atomic mass is 79.9. The topological polar surface area (TPSA) is 103 Å². The number of hydrazine groups is 1. The van der Waals surface area contributed by atoms with Crippen molar-refractivity contribution in [3.8, 4) is 11.5 Å². The first-order valence-corrected chi connectivity index (χ1v) is 10.3. The summed E-state index contributed by atoms with van der Waals surface area (Å²) >= 11 is 3.34. The van der Waals surface area contributed by atoms with Gasteiger partial charge in [-0.1, -0.05) is 33.2 Å². The molecule has 0 bridgehead atoms. The van der Waals surface area contributed by atoms with Gasteiger partial charge in [-0.2, -0.15) is 0 Å². The largest absolute Gasteiger partial charge is 0.489 e. The van der Waals surface area contributed by atoms with Gasteiger partial charge in [0.1, 0.15) is 23.9 Å². The van der Waals surface area contributed by atoms with Gasteiger partial charge >= 0.3 is 0 Å². The van der Waals surface area contributed by atoms with Crippen molar-refractivity contribution in [3.05, 3.63) is 75.6 Å². The number of aryl methyl sites for hydroxylation is 2. The van der Waals surface area contributed by atoms with E-state index in [1.807, 2.05) is 19.9 Å². The van der Waals surface area contributed by atoms with E-state index < -0.39 is 17.9 Å². The quantitative estimate of drug-likeness (QED) is 0.490. The van der Waals surface area contributed by atoms with Crippen LogP contribution >= 0.6 is 15.9 Å². The number of ether oxygens (including phenoxy) is 2. The molecule has 0 aliphatic carbocycles. The van der Waals surface area contributed by atoms with Gasteiger partial charge in [-0.3, -0.25) is 20.4 Å². The third-order valence-corrected chi connectivity index (χ3v) is 4.93. The van der Waals surface area contributed by atoms with Crippen molar-refractivity contribution in [2.45, 2.75) is 33.5 Å². The Morgan fingerprint density at radius 2 is 1.84 bits per heavy atom. The Hall–Kier alpha value is -3.33. The summed E-state index contributed by atoms with van der Waals surface area (Å²) in [6.07, 6.45) is -0.806. The molecule has 31 heavy (non-hydrogen) atoms. The Kier molecular flexibility index (Phi) is 7.30. The fourth-order valence-electron chi connectivity index (χ4n) is 2.68. The maximum absolute atomic E-state index is 12.4. The van der Waals surface area contributed by atoms with Gasteiger partial charge in [-0.15, -0.1) is 0 Å². The molecule has 0 spiro atoms. The molecule has 0 aliphatic rings. The predicted molar refractivity (Wildman–Crippen MR) is 117 cm³/mol. The molecular formula is C22H22BrN3O5. The van der Waals surface area contributed by atoms with E-state index in [2.05, 4.69) is 31.9 Å². The Morgan fingerprint density at radius 3 is 2.55 bits per heavy atom. The van der Waals surface area contributed by atoms with Crippen LogP contribution in [0.4, 0.5) is 0 Å². The first-order valence-electron chi connectivity index (χ1n) is 9.50. The van der Waals surface area contributed by atoms with Gasteiger partial charge in [0, 0.05) is 10.0 Å². The van der Waals surface area contributed by atoms with E-state index in [4.69, 9.17) is 14.0 Å². The summed E-state index contributed by atoms with van der Waals surface area (Å²) in [4.78, 5) is 24.6. The average Bonchev–Trinajstić information content (AvgIpc) is 3.07. The second kappa shape index (κ2) is 10.1. The molecule has 2 N–H and O–H groups in total. The molecule has 0 saturated heterocycles. The molecule has 0 saturated carbocycles. The average molecular weight is 488 g/mol. The number of nitrogens with zero attached hydrogens (tertiary/aromatic N) is 1. The molecule has 0 radical (unpaired) electrons.